The van der Waals surface area contributed by atoms with Crippen LogP contribution >= 0.6 is 0 Å². The van der Waals surface area contributed by atoms with Crippen LogP contribution in [-0.2, 0) is 17.5 Å². The van der Waals surface area contributed by atoms with E-state index in [0.717, 1.165) is 43.6 Å². The molecule has 156 valence electrons. The third-order valence-corrected chi connectivity index (χ3v) is 6.01. The summed E-state index contributed by atoms with van der Waals surface area (Å²) in [5.74, 6) is 1.23. The molecule has 0 radical (unpaired) electrons. The van der Waals surface area contributed by atoms with Crippen LogP contribution in [0.5, 0.6) is 0 Å². The number of alkyl halides is 3. The van der Waals surface area contributed by atoms with Gasteiger partial charge in [0.1, 0.15) is 0 Å². The maximum Gasteiger partial charge on any atom is 0.416 e. The number of carbonyl (C=O) groups is 1. The van der Waals surface area contributed by atoms with Crippen LogP contribution in [0.1, 0.15) is 44.2 Å². The SMILES string of the molecule is CC(C)C[C@H](N)C(=O)N[C@@H]1CC[C@H]2CN(Cc3ccc(C(F)(F)F)cc3)C[C@H]21. The van der Waals surface area contributed by atoms with E-state index in [1.807, 2.05) is 0 Å². The molecule has 0 aromatic heterocycles. The molecule has 1 aromatic carbocycles. The maximum absolute atomic E-state index is 12.7. The van der Waals surface area contributed by atoms with E-state index >= 15 is 0 Å². The molecule has 28 heavy (non-hydrogen) atoms. The fourth-order valence-corrected chi connectivity index (χ4v) is 4.63. The van der Waals surface area contributed by atoms with E-state index < -0.39 is 17.8 Å². The number of halogens is 3. The average molecular weight is 397 g/mol. The molecule has 1 aliphatic heterocycles. The van der Waals surface area contributed by atoms with Gasteiger partial charge in [-0.25, -0.2) is 0 Å². The van der Waals surface area contributed by atoms with Crippen molar-refractivity contribution in [3.05, 3.63) is 35.4 Å². The van der Waals surface area contributed by atoms with Crippen LogP contribution < -0.4 is 11.1 Å². The van der Waals surface area contributed by atoms with Crippen molar-refractivity contribution < 1.29 is 18.0 Å². The topological polar surface area (TPSA) is 58.4 Å². The van der Waals surface area contributed by atoms with Gasteiger partial charge >= 0.3 is 6.18 Å². The summed E-state index contributed by atoms with van der Waals surface area (Å²) < 4.78 is 38.1. The van der Waals surface area contributed by atoms with Gasteiger partial charge in [0, 0.05) is 25.7 Å². The summed E-state index contributed by atoms with van der Waals surface area (Å²) in [6.07, 6.45) is -1.58. The number of rotatable bonds is 6. The predicted octanol–water partition coefficient (Wildman–Crippen LogP) is 3.41. The largest absolute Gasteiger partial charge is 0.416 e. The number of likely N-dealkylation sites (tertiary alicyclic amines) is 1. The smallest absolute Gasteiger partial charge is 0.352 e. The summed E-state index contributed by atoms with van der Waals surface area (Å²) in [7, 11) is 0. The van der Waals surface area contributed by atoms with E-state index in [2.05, 4.69) is 24.1 Å². The number of fused-ring (bicyclic) bond motifs is 1. The molecule has 1 aliphatic carbocycles. The minimum Gasteiger partial charge on any atom is -0.352 e. The van der Waals surface area contributed by atoms with Gasteiger partial charge < -0.3 is 11.1 Å². The maximum atomic E-state index is 12.7. The highest BCUT2D eigenvalue weighted by Crippen LogP contribution is 2.39. The Hall–Kier alpha value is -1.60. The van der Waals surface area contributed by atoms with E-state index in [1.165, 1.54) is 0 Å². The fraction of sp³-hybridized carbons (Fsp3) is 0.667. The van der Waals surface area contributed by atoms with Gasteiger partial charge in [-0.15, -0.1) is 0 Å². The lowest BCUT2D eigenvalue weighted by Gasteiger charge is -2.24. The Morgan fingerprint density at radius 3 is 2.50 bits per heavy atom. The van der Waals surface area contributed by atoms with Crippen LogP contribution in [-0.4, -0.2) is 36.0 Å². The first-order valence-corrected chi connectivity index (χ1v) is 10.1. The van der Waals surface area contributed by atoms with Crippen molar-refractivity contribution in [2.45, 2.75) is 57.9 Å². The Kier molecular flexibility index (Phi) is 6.34. The Morgan fingerprint density at radius 1 is 1.21 bits per heavy atom. The second-order valence-corrected chi connectivity index (χ2v) is 8.74. The lowest BCUT2D eigenvalue weighted by molar-refractivity contribution is -0.137. The third kappa shape index (κ3) is 5.06. The van der Waals surface area contributed by atoms with Crippen LogP contribution in [0.2, 0.25) is 0 Å². The summed E-state index contributed by atoms with van der Waals surface area (Å²) in [5.41, 5.74) is 6.27. The quantitative estimate of drug-likeness (QED) is 0.774. The first-order chi connectivity index (χ1) is 13.1. The Bertz CT molecular complexity index is 674. The molecular weight excluding hydrogens is 367 g/mol. The fourth-order valence-electron chi connectivity index (χ4n) is 4.63. The minimum atomic E-state index is -4.30. The van der Waals surface area contributed by atoms with E-state index in [4.69, 9.17) is 5.73 Å². The van der Waals surface area contributed by atoms with Gasteiger partial charge in [0.2, 0.25) is 5.91 Å². The summed E-state index contributed by atoms with van der Waals surface area (Å²) in [6, 6.07) is 5.08. The molecule has 3 rings (SSSR count). The average Bonchev–Trinajstić information content (AvgIpc) is 3.15. The monoisotopic (exact) mass is 397 g/mol. The first-order valence-electron chi connectivity index (χ1n) is 10.1. The second kappa shape index (κ2) is 8.41. The van der Waals surface area contributed by atoms with Crippen molar-refractivity contribution in [3.63, 3.8) is 0 Å². The van der Waals surface area contributed by atoms with Crippen molar-refractivity contribution in [2.24, 2.45) is 23.5 Å². The number of hydrogen-bond acceptors (Lipinski definition) is 3. The molecule has 1 aromatic rings. The standard InChI is InChI=1S/C21H30F3N3O/c1-13(2)9-18(25)20(28)26-19-8-5-15-11-27(12-17(15)19)10-14-3-6-16(7-4-14)21(22,23)24/h3-4,6-7,13,15,17-19H,5,8-12,25H2,1-2H3,(H,26,28)/t15-,17+,18-,19+/m0/s1. The minimum absolute atomic E-state index is 0.0689. The van der Waals surface area contributed by atoms with Crippen molar-refractivity contribution in [1.29, 1.82) is 0 Å². The molecule has 0 unspecified atom stereocenters. The van der Waals surface area contributed by atoms with E-state index in [0.29, 0.717) is 30.7 Å². The highest BCUT2D eigenvalue weighted by atomic mass is 19.4. The molecule has 4 nitrogen and oxygen atoms in total. The van der Waals surface area contributed by atoms with Gasteiger partial charge in [-0.3, -0.25) is 9.69 Å². The highest BCUT2D eigenvalue weighted by molar-refractivity contribution is 5.81. The third-order valence-electron chi connectivity index (χ3n) is 6.01. The molecule has 2 aliphatic rings. The number of nitrogens with zero attached hydrogens (tertiary/aromatic N) is 1. The Balaban J connectivity index is 1.53. The van der Waals surface area contributed by atoms with Gasteiger partial charge in [0.25, 0.3) is 0 Å². The molecule has 0 spiro atoms. The molecular formula is C21H30F3N3O. The van der Waals surface area contributed by atoms with Crippen LogP contribution in [0, 0.1) is 17.8 Å². The van der Waals surface area contributed by atoms with Crippen LogP contribution in [0.15, 0.2) is 24.3 Å². The zero-order valence-electron chi connectivity index (χ0n) is 16.5. The van der Waals surface area contributed by atoms with Crippen molar-refractivity contribution in [3.8, 4) is 0 Å². The molecule has 3 N–H and O–H groups in total. The van der Waals surface area contributed by atoms with E-state index in [-0.39, 0.29) is 11.9 Å². The van der Waals surface area contributed by atoms with Crippen molar-refractivity contribution in [2.75, 3.05) is 13.1 Å². The number of nitrogens with two attached hydrogens (primary N) is 1. The first kappa shape index (κ1) is 21.1. The normalized spacial score (nSPS) is 26.5. The number of benzene rings is 1. The molecule has 1 saturated carbocycles. The molecule has 0 bridgehead atoms. The van der Waals surface area contributed by atoms with Crippen molar-refractivity contribution in [1.82, 2.24) is 10.2 Å². The van der Waals surface area contributed by atoms with Gasteiger partial charge in [-0.05, 0) is 54.7 Å². The highest BCUT2D eigenvalue weighted by Gasteiger charge is 2.43. The summed E-state index contributed by atoms with van der Waals surface area (Å²) >= 11 is 0. The molecule has 4 atom stereocenters. The predicted molar refractivity (Wildman–Crippen MR) is 102 cm³/mol. The number of carbonyl (C=O) groups excluding carboxylic acids is 1. The Morgan fingerprint density at radius 2 is 1.89 bits per heavy atom. The molecule has 1 amide bonds. The number of amides is 1. The number of nitrogens with one attached hydrogen (secondary N) is 1. The van der Waals surface area contributed by atoms with Gasteiger partial charge in [0.05, 0.1) is 11.6 Å². The van der Waals surface area contributed by atoms with Crippen molar-refractivity contribution >= 4 is 5.91 Å². The number of hydrogen-bond donors (Lipinski definition) is 2. The lowest BCUT2D eigenvalue weighted by Crippen LogP contribution is -2.48. The van der Waals surface area contributed by atoms with Crippen LogP contribution in [0.4, 0.5) is 13.2 Å². The summed E-state index contributed by atoms with van der Waals surface area (Å²) in [6.45, 7) is 6.52. The molecule has 2 fully saturated rings. The van der Waals surface area contributed by atoms with Crippen LogP contribution in [0.3, 0.4) is 0 Å². The Labute approximate surface area is 164 Å². The van der Waals surface area contributed by atoms with Gasteiger partial charge in [0.15, 0.2) is 0 Å². The molecule has 1 heterocycles. The van der Waals surface area contributed by atoms with E-state index in [1.54, 1.807) is 12.1 Å². The summed E-state index contributed by atoms with van der Waals surface area (Å²) in [5, 5.41) is 3.15. The molecule has 7 heteroatoms. The zero-order valence-corrected chi connectivity index (χ0v) is 16.5. The van der Waals surface area contributed by atoms with Gasteiger partial charge in [-0.2, -0.15) is 13.2 Å². The zero-order chi connectivity index (χ0) is 20.5. The van der Waals surface area contributed by atoms with E-state index in [9.17, 15) is 18.0 Å². The summed E-state index contributed by atoms with van der Waals surface area (Å²) in [4.78, 5) is 14.6. The van der Waals surface area contributed by atoms with Crippen LogP contribution in [0.25, 0.3) is 0 Å². The molecule has 1 saturated heterocycles. The lowest BCUT2D eigenvalue weighted by atomic mass is 9.97. The second-order valence-electron chi connectivity index (χ2n) is 8.74. The van der Waals surface area contributed by atoms with Gasteiger partial charge in [-0.1, -0.05) is 26.0 Å².